The minimum atomic E-state index is 0.416. The third-order valence-corrected chi connectivity index (χ3v) is 8.14. The summed E-state index contributed by atoms with van der Waals surface area (Å²) in [5, 5.41) is 1.32. The second-order valence-corrected chi connectivity index (χ2v) is 10.5. The number of halogens is 1. The van der Waals surface area contributed by atoms with Gasteiger partial charge in [-0.15, -0.1) is 0 Å². The van der Waals surface area contributed by atoms with Crippen LogP contribution < -0.4 is 0 Å². The largest absolute Gasteiger partial charge is 0.342 e. The van der Waals surface area contributed by atoms with E-state index in [1.54, 1.807) is 0 Å². The Kier molecular flexibility index (Phi) is 5.38. The van der Waals surface area contributed by atoms with E-state index in [0.29, 0.717) is 11.5 Å². The number of rotatable bonds is 3. The molecule has 1 aromatic rings. The quantitative estimate of drug-likeness (QED) is 0.459. The highest BCUT2D eigenvalue weighted by molar-refractivity contribution is 14.1. The third-order valence-electron chi connectivity index (χ3n) is 6.24. The highest BCUT2D eigenvalue weighted by atomic mass is 127. The summed E-state index contributed by atoms with van der Waals surface area (Å²) in [6.07, 6.45) is 11.1. The molecule has 0 aromatic heterocycles. The van der Waals surface area contributed by atoms with Crippen LogP contribution in [0.4, 0.5) is 5.69 Å². The zero-order valence-corrected chi connectivity index (χ0v) is 18.4. The van der Waals surface area contributed by atoms with Crippen LogP contribution in [0.25, 0.3) is 0 Å². The Bertz CT molecular complexity index is 658. The van der Waals surface area contributed by atoms with Gasteiger partial charge < -0.3 is 4.90 Å². The van der Waals surface area contributed by atoms with Gasteiger partial charge in [0.15, 0.2) is 5.17 Å². The molecule has 1 spiro atoms. The molecule has 2 nitrogen and oxygen atoms in total. The van der Waals surface area contributed by atoms with Gasteiger partial charge in [-0.2, -0.15) is 0 Å². The molecule has 136 valence electrons. The Labute approximate surface area is 170 Å². The molecule has 3 aliphatic rings. The molecule has 4 rings (SSSR count). The molecule has 0 unspecified atom stereocenters. The predicted molar refractivity (Wildman–Crippen MR) is 118 cm³/mol. The average molecular weight is 468 g/mol. The van der Waals surface area contributed by atoms with Crippen molar-refractivity contribution in [3.63, 3.8) is 0 Å². The molecular formula is C21H29IN2S. The summed E-state index contributed by atoms with van der Waals surface area (Å²) in [6, 6.07) is 7.49. The summed E-state index contributed by atoms with van der Waals surface area (Å²) in [5.74, 6) is 1.77. The van der Waals surface area contributed by atoms with Gasteiger partial charge in [-0.3, -0.25) is 0 Å². The van der Waals surface area contributed by atoms with E-state index in [1.807, 2.05) is 11.8 Å². The number of nitrogens with zero attached hydrogens (tertiary/aromatic N) is 2. The molecule has 2 saturated carbocycles. The van der Waals surface area contributed by atoms with Crippen LogP contribution in [0, 0.1) is 3.57 Å². The van der Waals surface area contributed by atoms with Crippen molar-refractivity contribution >= 4 is 45.2 Å². The van der Waals surface area contributed by atoms with E-state index in [0.717, 1.165) is 6.04 Å². The van der Waals surface area contributed by atoms with Crippen molar-refractivity contribution in [3.05, 3.63) is 27.3 Å². The van der Waals surface area contributed by atoms with E-state index in [2.05, 4.69) is 59.5 Å². The van der Waals surface area contributed by atoms with E-state index in [1.165, 1.54) is 77.1 Å². The van der Waals surface area contributed by atoms with Gasteiger partial charge >= 0.3 is 0 Å². The van der Waals surface area contributed by atoms with Gasteiger partial charge in [0, 0.05) is 15.4 Å². The van der Waals surface area contributed by atoms with Gasteiger partial charge in [0.1, 0.15) is 0 Å². The van der Waals surface area contributed by atoms with Gasteiger partial charge in [-0.05, 0) is 78.0 Å². The molecule has 1 heterocycles. The number of thioether (sulfide) groups is 1. The van der Waals surface area contributed by atoms with Crippen molar-refractivity contribution in [3.8, 4) is 0 Å². The van der Waals surface area contributed by atoms with Crippen LogP contribution in [0.1, 0.15) is 76.7 Å². The van der Waals surface area contributed by atoms with Crippen molar-refractivity contribution in [1.82, 2.24) is 4.90 Å². The lowest BCUT2D eigenvalue weighted by molar-refractivity contribution is 0.163. The fourth-order valence-electron chi connectivity index (χ4n) is 4.94. The molecule has 0 atom stereocenters. The average Bonchev–Trinajstić information content (AvgIpc) is 3.32. The monoisotopic (exact) mass is 468 g/mol. The second kappa shape index (κ2) is 7.41. The van der Waals surface area contributed by atoms with E-state index >= 15 is 0 Å². The minimum Gasteiger partial charge on any atom is -0.342 e. The van der Waals surface area contributed by atoms with Crippen LogP contribution in [-0.2, 0) is 0 Å². The molecule has 0 radical (unpaired) electrons. The lowest BCUT2D eigenvalue weighted by Crippen LogP contribution is -2.50. The first kappa shape index (κ1) is 18.1. The summed E-state index contributed by atoms with van der Waals surface area (Å²) in [7, 11) is 0. The number of benzene rings is 1. The topological polar surface area (TPSA) is 15.6 Å². The summed E-state index contributed by atoms with van der Waals surface area (Å²) >= 11 is 4.44. The summed E-state index contributed by atoms with van der Waals surface area (Å²) in [6.45, 7) is 4.56. The summed E-state index contributed by atoms with van der Waals surface area (Å²) in [5.41, 5.74) is 2.99. The van der Waals surface area contributed by atoms with Gasteiger partial charge in [0.25, 0.3) is 0 Å². The highest BCUT2D eigenvalue weighted by Crippen LogP contribution is 2.48. The van der Waals surface area contributed by atoms with E-state index in [4.69, 9.17) is 4.99 Å². The molecule has 25 heavy (non-hydrogen) atoms. The predicted octanol–water partition coefficient (Wildman–Crippen LogP) is 6.71. The molecule has 4 heteroatoms. The van der Waals surface area contributed by atoms with Crippen LogP contribution >= 0.6 is 34.4 Å². The Morgan fingerprint density at radius 1 is 1.16 bits per heavy atom. The first-order chi connectivity index (χ1) is 12.1. The fraction of sp³-hybridized carbons (Fsp3) is 0.667. The molecule has 1 saturated heterocycles. The van der Waals surface area contributed by atoms with Gasteiger partial charge in [0.2, 0.25) is 0 Å². The molecule has 0 amide bonds. The Morgan fingerprint density at radius 2 is 1.88 bits per heavy atom. The van der Waals surface area contributed by atoms with E-state index in [-0.39, 0.29) is 0 Å². The third kappa shape index (κ3) is 3.50. The second-order valence-electron chi connectivity index (χ2n) is 8.28. The molecule has 0 bridgehead atoms. The van der Waals surface area contributed by atoms with Gasteiger partial charge in [-0.25, -0.2) is 4.99 Å². The maximum atomic E-state index is 5.27. The highest BCUT2D eigenvalue weighted by Gasteiger charge is 2.49. The van der Waals surface area contributed by atoms with Crippen molar-refractivity contribution in [2.45, 2.75) is 82.7 Å². The zero-order valence-electron chi connectivity index (χ0n) is 15.4. The standard InChI is InChI=1S/C21H29IN2S/c1-15(2)18-13-16(22)9-10-19(18)23-20-24(17-7-3-4-8-17)21(14-25-20)11-5-6-12-21/h9-10,13,15,17H,3-8,11-12,14H2,1-2H3. The molecule has 1 aliphatic heterocycles. The summed E-state index contributed by atoms with van der Waals surface area (Å²) < 4.78 is 1.31. The van der Waals surface area contributed by atoms with Gasteiger partial charge in [-0.1, -0.05) is 51.3 Å². The molecule has 1 aromatic carbocycles. The van der Waals surface area contributed by atoms with Crippen molar-refractivity contribution < 1.29 is 0 Å². The van der Waals surface area contributed by atoms with Crippen LogP contribution in [0.2, 0.25) is 0 Å². The summed E-state index contributed by atoms with van der Waals surface area (Å²) in [4.78, 5) is 8.07. The van der Waals surface area contributed by atoms with Crippen LogP contribution in [0.5, 0.6) is 0 Å². The van der Waals surface area contributed by atoms with Crippen molar-refractivity contribution in [2.75, 3.05) is 5.75 Å². The molecular weight excluding hydrogens is 439 g/mol. The van der Waals surface area contributed by atoms with Crippen LogP contribution in [-0.4, -0.2) is 27.4 Å². The van der Waals surface area contributed by atoms with Crippen LogP contribution in [0.15, 0.2) is 23.2 Å². The normalized spacial score (nSPS) is 25.1. The molecule has 0 N–H and O–H groups in total. The number of amidine groups is 1. The first-order valence-corrected chi connectivity index (χ1v) is 12.0. The fourth-order valence-corrected chi connectivity index (χ4v) is 6.93. The van der Waals surface area contributed by atoms with Crippen molar-refractivity contribution in [2.24, 2.45) is 4.99 Å². The van der Waals surface area contributed by atoms with E-state index in [9.17, 15) is 0 Å². The zero-order chi connectivity index (χ0) is 17.4. The first-order valence-electron chi connectivity index (χ1n) is 9.89. The smallest absolute Gasteiger partial charge is 0.165 e. The SMILES string of the molecule is CC(C)c1cc(I)ccc1N=C1SCC2(CCCC2)N1C1CCCC1. The Balaban J connectivity index is 1.72. The molecule has 2 aliphatic carbocycles. The van der Waals surface area contributed by atoms with E-state index < -0.39 is 0 Å². The maximum absolute atomic E-state index is 5.27. The maximum Gasteiger partial charge on any atom is 0.165 e. The Morgan fingerprint density at radius 3 is 2.56 bits per heavy atom. The lowest BCUT2D eigenvalue weighted by atomic mass is 9.95. The number of hydrogen-bond donors (Lipinski definition) is 0. The number of hydrogen-bond acceptors (Lipinski definition) is 2. The number of aliphatic imine (C=N–C) groups is 1. The van der Waals surface area contributed by atoms with Gasteiger partial charge in [0.05, 0.1) is 11.2 Å². The Hall–Kier alpha value is -0.230. The van der Waals surface area contributed by atoms with Crippen LogP contribution in [0.3, 0.4) is 0 Å². The lowest BCUT2D eigenvalue weighted by Gasteiger charge is -2.40. The molecule has 3 fully saturated rings. The minimum absolute atomic E-state index is 0.416. The van der Waals surface area contributed by atoms with Crippen molar-refractivity contribution in [1.29, 1.82) is 0 Å².